The lowest BCUT2D eigenvalue weighted by molar-refractivity contribution is 0.282. The van der Waals surface area contributed by atoms with Crippen molar-refractivity contribution in [2.45, 2.75) is 64.3 Å². The van der Waals surface area contributed by atoms with Gasteiger partial charge in [0.2, 0.25) is 0 Å². The zero-order valence-corrected chi connectivity index (χ0v) is 10.2. The fraction of sp³-hybridized carbons (Fsp3) is 1.00. The lowest BCUT2D eigenvalue weighted by Gasteiger charge is -2.16. The molecule has 90 valence electrons. The molecule has 0 aliphatic heterocycles. The Bertz CT molecular complexity index is 149. The number of hydrogen-bond donors (Lipinski definition) is 2. The molecule has 2 atom stereocenters. The van der Waals surface area contributed by atoms with Crippen LogP contribution < -0.4 is 5.32 Å². The van der Waals surface area contributed by atoms with Gasteiger partial charge in [0.05, 0.1) is 0 Å². The second kappa shape index (κ2) is 8.12. The lowest BCUT2D eigenvalue weighted by Crippen LogP contribution is -2.29. The average Bonchev–Trinajstić information content (AvgIpc) is 2.43. The Morgan fingerprint density at radius 1 is 1.07 bits per heavy atom. The van der Waals surface area contributed by atoms with Crippen LogP contribution in [0.2, 0.25) is 0 Å². The fourth-order valence-corrected chi connectivity index (χ4v) is 2.41. The van der Waals surface area contributed by atoms with Crippen LogP contribution in [0.5, 0.6) is 0 Å². The van der Waals surface area contributed by atoms with Crippen molar-refractivity contribution in [2.24, 2.45) is 5.92 Å². The van der Waals surface area contributed by atoms with Gasteiger partial charge in [0.25, 0.3) is 0 Å². The first-order chi connectivity index (χ1) is 7.33. The molecule has 0 aromatic heterocycles. The average molecular weight is 213 g/mol. The summed E-state index contributed by atoms with van der Waals surface area (Å²) in [6, 6.07) is 0.768. The van der Waals surface area contributed by atoms with Crippen molar-refractivity contribution in [3.05, 3.63) is 0 Å². The highest BCUT2D eigenvalue weighted by Crippen LogP contribution is 2.22. The number of nitrogens with one attached hydrogen (secondary N) is 1. The van der Waals surface area contributed by atoms with Gasteiger partial charge in [-0.1, -0.05) is 19.8 Å². The van der Waals surface area contributed by atoms with E-state index in [4.69, 9.17) is 5.11 Å². The number of unbranched alkanes of at least 4 members (excludes halogenated alkanes) is 2. The lowest BCUT2D eigenvalue weighted by atomic mass is 10.0. The number of rotatable bonds is 6. The first-order valence-electron chi connectivity index (χ1n) is 6.67. The molecular formula is C13H27NO. The van der Waals surface area contributed by atoms with Crippen LogP contribution in [0.1, 0.15) is 58.3 Å². The summed E-state index contributed by atoms with van der Waals surface area (Å²) in [6.45, 7) is 3.86. The Hall–Kier alpha value is -0.0800. The van der Waals surface area contributed by atoms with E-state index in [2.05, 4.69) is 12.2 Å². The first kappa shape index (κ1) is 13.0. The van der Waals surface area contributed by atoms with Gasteiger partial charge < -0.3 is 10.4 Å². The topological polar surface area (TPSA) is 32.3 Å². The molecule has 0 aromatic carbocycles. The number of aliphatic hydroxyl groups excluding tert-OH is 1. The summed E-state index contributed by atoms with van der Waals surface area (Å²) < 4.78 is 0. The van der Waals surface area contributed by atoms with Crippen LogP contribution >= 0.6 is 0 Å². The van der Waals surface area contributed by atoms with E-state index in [9.17, 15) is 0 Å². The second-order valence-corrected chi connectivity index (χ2v) is 5.05. The predicted octanol–water partition coefficient (Wildman–Crippen LogP) is 2.71. The van der Waals surface area contributed by atoms with Crippen molar-refractivity contribution >= 4 is 0 Å². The fourth-order valence-electron chi connectivity index (χ4n) is 2.41. The molecule has 1 saturated carbocycles. The van der Waals surface area contributed by atoms with E-state index in [1.807, 2.05) is 0 Å². The van der Waals surface area contributed by atoms with Crippen LogP contribution in [0, 0.1) is 5.92 Å². The van der Waals surface area contributed by atoms with E-state index in [-0.39, 0.29) is 0 Å². The third-order valence-corrected chi connectivity index (χ3v) is 3.53. The summed E-state index contributed by atoms with van der Waals surface area (Å²) in [7, 11) is 0. The van der Waals surface area contributed by atoms with Crippen molar-refractivity contribution in [2.75, 3.05) is 13.2 Å². The number of aliphatic hydroxyl groups is 1. The Morgan fingerprint density at radius 3 is 2.73 bits per heavy atom. The third-order valence-electron chi connectivity index (χ3n) is 3.53. The minimum Gasteiger partial charge on any atom is -0.396 e. The van der Waals surface area contributed by atoms with Crippen LogP contribution in [-0.4, -0.2) is 24.3 Å². The van der Waals surface area contributed by atoms with Gasteiger partial charge in [-0.15, -0.1) is 0 Å². The van der Waals surface area contributed by atoms with Gasteiger partial charge in [-0.05, 0) is 51.0 Å². The zero-order valence-electron chi connectivity index (χ0n) is 10.2. The van der Waals surface area contributed by atoms with Crippen LogP contribution in [0.25, 0.3) is 0 Å². The van der Waals surface area contributed by atoms with Crippen molar-refractivity contribution in [1.29, 1.82) is 0 Å². The first-order valence-corrected chi connectivity index (χ1v) is 6.67. The quantitative estimate of drug-likeness (QED) is 0.525. The van der Waals surface area contributed by atoms with Crippen LogP contribution in [0.15, 0.2) is 0 Å². The normalized spacial score (nSPS) is 27.6. The maximum atomic E-state index is 8.66. The third kappa shape index (κ3) is 6.16. The van der Waals surface area contributed by atoms with Gasteiger partial charge >= 0.3 is 0 Å². The maximum Gasteiger partial charge on any atom is 0.0431 e. The zero-order chi connectivity index (χ0) is 10.9. The van der Waals surface area contributed by atoms with E-state index in [0.717, 1.165) is 31.3 Å². The SMILES string of the molecule is CC1CCCC(NCCCCCO)CC1. The highest BCUT2D eigenvalue weighted by atomic mass is 16.2. The standard InChI is InChI=1S/C13H27NO/c1-12-6-5-7-13(9-8-12)14-10-3-2-4-11-15/h12-15H,2-11H2,1H3. The van der Waals surface area contributed by atoms with E-state index >= 15 is 0 Å². The molecule has 1 aliphatic rings. The smallest absolute Gasteiger partial charge is 0.0431 e. The van der Waals surface area contributed by atoms with Crippen molar-refractivity contribution in [3.8, 4) is 0 Å². The molecule has 1 rings (SSSR count). The van der Waals surface area contributed by atoms with Gasteiger partial charge in [0.1, 0.15) is 0 Å². The molecule has 0 bridgehead atoms. The van der Waals surface area contributed by atoms with Gasteiger partial charge in [-0.25, -0.2) is 0 Å². The van der Waals surface area contributed by atoms with E-state index in [1.165, 1.54) is 38.5 Å². The predicted molar refractivity (Wildman–Crippen MR) is 65.0 cm³/mol. The molecule has 0 amide bonds. The summed E-state index contributed by atoms with van der Waals surface area (Å²) in [5.41, 5.74) is 0. The van der Waals surface area contributed by atoms with E-state index < -0.39 is 0 Å². The maximum absolute atomic E-state index is 8.66. The highest BCUT2D eigenvalue weighted by Gasteiger charge is 2.14. The summed E-state index contributed by atoms with van der Waals surface area (Å²) >= 11 is 0. The summed E-state index contributed by atoms with van der Waals surface area (Å²) in [5, 5.41) is 12.3. The van der Waals surface area contributed by atoms with E-state index in [0.29, 0.717) is 6.61 Å². The van der Waals surface area contributed by atoms with Gasteiger partial charge in [-0.2, -0.15) is 0 Å². The van der Waals surface area contributed by atoms with Gasteiger partial charge in [-0.3, -0.25) is 0 Å². The Balaban J connectivity index is 2.00. The second-order valence-electron chi connectivity index (χ2n) is 5.05. The molecular weight excluding hydrogens is 186 g/mol. The molecule has 0 saturated heterocycles. The van der Waals surface area contributed by atoms with Crippen LogP contribution in [-0.2, 0) is 0 Å². The molecule has 0 aromatic rings. The van der Waals surface area contributed by atoms with Crippen LogP contribution in [0.4, 0.5) is 0 Å². The minimum absolute atomic E-state index is 0.348. The van der Waals surface area contributed by atoms with Crippen molar-refractivity contribution in [3.63, 3.8) is 0 Å². The van der Waals surface area contributed by atoms with Gasteiger partial charge in [0.15, 0.2) is 0 Å². The molecule has 0 spiro atoms. The molecule has 15 heavy (non-hydrogen) atoms. The Kier molecular flexibility index (Phi) is 7.03. The van der Waals surface area contributed by atoms with Crippen molar-refractivity contribution in [1.82, 2.24) is 5.32 Å². The monoisotopic (exact) mass is 213 g/mol. The minimum atomic E-state index is 0.348. The molecule has 0 radical (unpaired) electrons. The summed E-state index contributed by atoms with van der Waals surface area (Å²) in [4.78, 5) is 0. The molecule has 1 aliphatic carbocycles. The van der Waals surface area contributed by atoms with Crippen molar-refractivity contribution < 1.29 is 5.11 Å². The van der Waals surface area contributed by atoms with Crippen LogP contribution in [0.3, 0.4) is 0 Å². The summed E-state index contributed by atoms with van der Waals surface area (Å²) in [6.07, 6.45) is 10.3. The molecule has 1 fully saturated rings. The Morgan fingerprint density at radius 2 is 1.93 bits per heavy atom. The largest absolute Gasteiger partial charge is 0.396 e. The van der Waals surface area contributed by atoms with E-state index in [1.54, 1.807) is 0 Å². The molecule has 2 N–H and O–H groups in total. The molecule has 2 heteroatoms. The highest BCUT2D eigenvalue weighted by molar-refractivity contribution is 4.73. The Labute approximate surface area is 94.5 Å². The number of hydrogen-bond acceptors (Lipinski definition) is 2. The molecule has 2 nitrogen and oxygen atoms in total. The summed E-state index contributed by atoms with van der Waals surface area (Å²) in [5.74, 6) is 0.936. The van der Waals surface area contributed by atoms with Gasteiger partial charge in [0, 0.05) is 12.6 Å². The molecule has 0 heterocycles. The molecule has 2 unspecified atom stereocenters.